The molecule has 0 aliphatic carbocycles. The molecule has 0 aromatic carbocycles. The van der Waals surface area contributed by atoms with Gasteiger partial charge in [0.15, 0.2) is 0 Å². The third-order valence-corrected chi connectivity index (χ3v) is 1.51. The summed E-state index contributed by atoms with van der Waals surface area (Å²) in [6, 6.07) is 0. The van der Waals surface area contributed by atoms with Gasteiger partial charge in [-0.25, -0.2) is 9.78 Å². The van der Waals surface area contributed by atoms with Crippen molar-refractivity contribution in [1.29, 1.82) is 0 Å². The molecule has 0 saturated carbocycles. The number of hydrogen-bond acceptors (Lipinski definition) is 5. The van der Waals surface area contributed by atoms with Crippen molar-refractivity contribution in [3.63, 3.8) is 0 Å². The Labute approximate surface area is 79.2 Å². The van der Waals surface area contributed by atoms with Crippen molar-refractivity contribution < 1.29 is 14.7 Å². The number of nitrogens with one attached hydrogen (secondary N) is 1. The molecule has 1 rings (SSSR count). The lowest BCUT2D eigenvalue weighted by atomic mass is 10.4. The number of amides is 1. The molecule has 7 heteroatoms. The average molecular weight is 196 g/mol. The molecule has 1 amide bonds. The summed E-state index contributed by atoms with van der Waals surface area (Å²) in [6.07, 6.45) is 0. The smallest absolute Gasteiger partial charge is 0.394 e. The highest BCUT2D eigenvalue weighted by atomic mass is 16.4. The van der Waals surface area contributed by atoms with Crippen molar-refractivity contribution in [1.82, 2.24) is 15.2 Å². The molecule has 1 heterocycles. The summed E-state index contributed by atoms with van der Waals surface area (Å²) in [4.78, 5) is 24.7. The van der Waals surface area contributed by atoms with Gasteiger partial charge in [-0.15, -0.1) is 5.10 Å². The molecule has 1 aromatic rings. The molecule has 1 aromatic heterocycles. The van der Waals surface area contributed by atoms with Gasteiger partial charge in [0, 0.05) is 0 Å². The summed E-state index contributed by atoms with van der Waals surface area (Å²) in [7, 11) is 0. The van der Waals surface area contributed by atoms with Gasteiger partial charge in [-0.1, -0.05) is 0 Å². The Morgan fingerprint density at radius 3 is 2.36 bits per heavy atom. The Kier molecular flexibility index (Phi) is 2.70. The Balaban J connectivity index is 2.83. The first-order valence-electron chi connectivity index (χ1n) is 3.73. The predicted molar refractivity (Wildman–Crippen MR) is 45.6 cm³/mol. The fourth-order valence-electron chi connectivity index (χ4n) is 0.665. The largest absolute Gasteiger partial charge is 0.474 e. The number of nitrogens with zero attached hydrogens (tertiary/aromatic N) is 3. The lowest BCUT2D eigenvalue weighted by Crippen LogP contribution is -2.23. The van der Waals surface area contributed by atoms with Gasteiger partial charge in [0.1, 0.15) is 0 Å². The van der Waals surface area contributed by atoms with Crippen LogP contribution in [0.4, 0.5) is 5.95 Å². The van der Waals surface area contributed by atoms with Crippen LogP contribution in [-0.2, 0) is 9.59 Å². The summed E-state index contributed by atoms with van der Waals surface area (Å²) in [5.41, 5.74) is 1.21. The zero-order chi connectivity index (χ0) is 10.7. The molecule has 0 atom stereocenters. The number of carboxylic acid groups (broad SMARTS) is 1. The highest BCUT2D eigenvalue weighted by Gasteiger charge is 2.13. The average Bonchev–Trinajstić information content (AvgIpc) is 2.11. The summed E-state index contributed by atoms with van der Waals surface area (Å²) >= 11 is 0. The van der Waals surface area contributed by atoms with E-state index in [0.717, 1.165) is 0 Å². The molecule has 0 aliphatic heterocycles. The molecule has 0 bridgehead atoms. The monoisotopic (exact) mass is 196 g/mol. The van der Waals surface area contributed by atoms with Crippen molar-refractivity contribution in [2.24, 2.45) is 0 Å². The summed E-state index contributed by atoms with van der Waals surface area (Å²) < 4.78 is 0. The number of aryl methyl sites for hydroxylation is 2. The topological polar surface area (TPSA) is 105 Å². The number of carbonyl (C=O) groups is 2. The minimum atomic E-state index is -1.59. The summed E-state index contributed by atoms with van der Waals surface area (Å²) in [5, 5.41) is 17.4. The maximum absolute atomic E-state index is 10.7. The molecule has 2 N–H and O–H groups in total. The molecule has 0 saturated heterocycles. The van der Waals surface area contributed by atoms with Crippen LogP contribution in [0, 0.1) is 13.8 Å². The number of aliphatic carboxylic acids is 1. The first-order chi connectivity index (χ1) is 6.50. The molecule has 0 spiro atoms. The van der Waals surface area contributed by atoms with Crippen LogP contribution in [0.5, 0.6) is 0 Å². The lowest BCUT2D eigenvalue weighted by molar-refractivity contribution is -0.147. The zero-order valence-corrected chi connectivity index (χ0v) is 7.61. The Morgan fingerprint density at radius 1 is 1.21 bits per heavy atom. The molecule has 14 heavy (non-hydrogen) atoms. The minimum Gasteiger partial charge on any atom is -0.474 e. The van der Waals surface area contributed by atoms with Crippen LogP contribution < -0.4 is 5.32 Å². The van der Waals surface area contributed by atoms with Gasteiger partial charge in [0.05, 0.1) is 11.4 Å². The second-order valence-electron chi connectivity index (χ2n) is 2.57. The first kappa shape index (κ1) is 10.0. The van der Waals surface area contributed by atoms with E-state index in [1.807, 2.05) is 5.32 Å². The molecule has 0 radical (unpaired) electrons. The maximum Gasteiger partial charge on any atom is 0.394 e. The second-order valence-corrected chi connectivity index (χ2v) is 2.57. The SMILES string of the molecule is Cc1nnc(NC(=O)C(=O)O)nc1C. The minimum absolute atomic E-state index is 0.111. The maximum atomic E-state index is 10.7. The van der Waals surface area contributed by atoms with Crippen LogP contribution in [0.1, 0.15) is 11.4 Å². The van der Waals surface area contributed by atoms with Crippen LogP contribution in [0.15, 0.2) is 0 Å². The van der Waals surface area contributed by atoms with E-state index in [1.54, 1.807) is 13.8 Å². The molecule has 0 unspecified atom stereocenters. The molecule has 0 aliphatic rings. The fourth-order valence-corrected chi connectivity index (χ4v) is 0.665. The van der Waals surface area contributed by atoms with E-state index in [9.17, 15) is 9.59 Å². The molecular weight excluding hydrogens is 188 g/mol. The van der Waals surface area contributed by atoms with Crippen LogP contribution >= 0.6 is 0 Å². The van der Waals surface area contributed by atoms with E-state index >= 15 is 0 Å². The fraction of sp³-hybridized carbons (Fsp3) is 0.286. The Bertz CT molecular complexity index is 391. The molecular formula is C7H8N4O3. The summed E-state index contributed by atoms with van der Waals surface area (Å²) in [5.74, 6) is -2.89. The normalized spacial score (nSPS) is 9.57. The quantitative estimate of drug-likeness (QED) is 0.587. The third-order valence-electron chi connectivity index (χ3n) is 1.51. The van der Waals surface area contributed by atoms with Gasteiger partial charge in [-0.2, -0.15) is 5.10 Å². The first-order valence-corrected chi connectivity index (χ1v) is 3.73. The highest BCUT2D eigenvalue weighted by molar-refractivity contribution is 6.36. The van der Waals surface area contributed by atoms with Crippen molar-refractivity contribution in [3.8, 4) is 0 Å². The number of hydrogen-bond donors (Lipinski definition) is 2. The van der Waals surface area contributed by atoms with Gasteiger partial charge in [0.25, 0.3) is 0 Å². The molecule has 0 fully saturated rings. The van der Waals surface area contributed by atoms with Gasteiger partial charge in [-0.05, 0) is 13.8 Å². The summed E-state index contributed by atoms with van der Waals surface area (Å²) in [6.45, 7) is 3.39. The van der Waals surface area contributed by atoms with E-state index in [1.165, 1.54) is 0 Å². The van der Waals surface area contributed by atoms with Crippen molar-refractivity contribution in [2.45, 2.75) is 13.8 Å². The second kappa shape index (κ2) is 3.77. The van der Waals surface area contributed by atoms with Gasteiger partial charge >= 0.3 is 11.9 Å². The van der Waals surface area contributed by atoms with E-state index in [-0.39, 0.29) is 5.95 Å². The van der Waals surface area contributed by atoms with E-state index in [4.69, 9.17) is 5.11 Å². The van der Waals surface area contributed by atoms with Crippen LogP contribution in [0.3, 0.4) is 0 Å². The van der Waals surface area contributed by atoms with Gasteiger partial charge in [0.2, 0.25) is 5.95 Å². The van der Waals surface area contributed by atoms with E-state index in [0.29, 0.717) is 11.4 Å². The number of aromatic nitrogens is 3. The van der Waals surface area contributed by atoms with Gasteiger partial charge < -0.3 is 5.11 Å². The third kappa shape index (κ3) is 2.22. The predicted octanol–water partition coefficient (Wildman–Crippen LogP) is -0.488. The van der Waals surface area contributed by atoms with Gasteiger partial charge in [-0.3, -0.25) is 10.1 Å². The van der Waals surface area contributed by atoms with Crippen molar-refractivity contribution >= 4 is 17.8 Å². The Hall–Kier alpha value is -2.05. The van der Waals surface area contributed by atoms with Crippen LogP contribution in [0.25, 0.3) is 0 Å². The van der Waals surface area contributed by atoms with Crippen molar-refractivity contribution in [2.75, 3.05) is 5.32 Å². The van der Waals surface area contributed by atoms with Crippen LogP contribution in [0.2, 0.25) is 0 Å². The number of anilines is 1. The number of rotatable bonds is 1. The number of carbonyl (C=O) groups excluding carboxylic acids is 1. The van der Waals surface area contributed by atoms with Crippen molar-refractivity contribution in [3.05, 3.63) is 11.4 Å². The van der Waals surface area contributed by atoms with E-state index < -0.39 is 11.9 Å². The highest BCUT2D eigenvalue weighted by Crippen LogP contribution is 2.01. The standard InChI is InChI=1S/C7H8N4O3/c1-3-4(2)10-11-7(8-3)9-5(12)6(13)14/h1-2H3,(H,13,14)(H,8,9,11,12). The number of carboxylic acids is 1. The lowest BCUT2D eigenvalue weighted by Gasteiger charge is -2.01. The molecule has 74 valence electrons. The Morgan fingerprint density at radius 2 is 1.86 bits per heavy atom. The molecule has 7 nitrogen and oxygen atoms in total. The van der Waals surface area contributed by atoms with E-state index in [2.05, 4.69) is 15.2 Å². The zero-order valence-electron chi connectivity index (χ0n) is 7.61. The van der Waals surface area contributed by atoms with Crippen LogP contribution in [-0.4, -0.2) is 32.2 Å².